The van der Waals surface area contributed by atoms with E-state index in [1.165, 1.54) is 13.2 Å². The molecule has 0 aromatic carbocycles. The Morgan fingerprint density at radius 3 is 2.00 bits per heavy atom. The molecule has 2 N–H and O–H groups in total. The largest absolute Gasteiger partial charge is 0.499 e. The highest BCUT2D eigenvalue weighted by Gasteiger charge is 2.35. The number of ether oxygens (including phenoxy) is 5. The van der Waals surface area contributed by atoms with Crippen LogP contribution in [0.15, 0.2) is 60.4 Å². The minimum Gasteiger partial charge on any atom is -0.499 e. The summed E-state index contributed by atoms with van der Waals surface area (Å²) in [6, 6.07) is 0. The summed E-state index contributed by atoms with van der Waals surface area (Å²) in [5.41, 5.74) is 1.72. The number of esters is 1. The summed E-state index contributed by atoms with van der Waals surface area (Å²) in [7, 11) is 0. The van der Waals surface area contributed by atoms with Crippen LogP contribution in [0.5, 0.6) is 0 Å². The summed E-state index contributed by atoms with van der Waals surface area (Å²) < 4.78 is 26.3. The van der Waals surface area contributed by atoms with E-state index in [2.05, 4.69) is 20.4 Å². The van der Waals surface area contributed by atoms with E-state index in [9.17, 15) is 15.0 Å². The number of hydrogen-bond donors (Lipinski definition) is 2. The van der Waals surface area contributed by atoms with Crippen molar-refractivity contribution >= 4 is 5.97 Å². The molecule has 0 aromatic heterocycles. The monoisotopic (exact) mass is 464 g/mol. The number of carbonyl (C=O) groups is 1. The Bertz CT molecular complexity index is 809. The number of carbonyl (C=O) groups excluding carboxylic acids is 1. The molecule has 0 fully saturated rings. The van der Waals surface area contributed by atoms with Crippen molar-refractivity contribution in [1.82, 2.24) is 0 Å². The fourth-order valence-corrected chi connectivity index (χ4v) is 3.58. The minimum absolute atomic E-state index is 0.142. The maximum absolute atomic E-state index is 10.9. The zero-order valence-electron chi connectivity index (χ0n) is 19.9. The van der Waals surface area contributed by atoms with Crippen molar-refractivity contribution in [2.24, 2.45) is 5.41 Å². The summed E-state index contributed by atoms with van der Waals surface area (Å²) in [5, 5.41) is 21.2. The Hall–Kier alpha value is -2.23. The van der Waals surface area contributed by atoms with Crippen LogP contribution >= 0.6 is 0 Å². The Morgan fingerprint density at radius 2 is 1.58 bits per heavy atom. The Morgan fingerprint density at radius 1 is 1.06 bits per heavy atom. The molecule has 0 saturated carbocycles. The first kappa shape index (κ1) is 27.0. The van der Waals surface area contributed by atoms with Gasteiger partial charge in [0.2, 0.25) is 0 Å². The van der Waals surface area contributed by atoms with E-state index in [0.29, 0.717) is 13.0 Å². The van der Waals surface area contributed by atoms with E-state index in [0.717, 1.165) is 11.1 Å². The van der Waals surface area contributed by atoms with Gasteiger partial charge in [-0.3, -0.25) is 4.79 Å². The molecule has 0 amide bonds. The van der Waals surface area contributed by atoms with Crippen molar-refractivity contribution in [3.8, 4) is 0 Å². The van der Waals surface area contributed by atoms with Crippen LogP contribution in [0.1, 0.15) is 40.5 Å². The third-order valence-corrected chi connectivity index (χ3v) is 5.51. The van der Waals surface area contributed by atoms with Crippen LogP contribution in [0.4, 0.5) is 0 Å². The fourth-order valence-electron chi connectivity index (χ4n) is 3.58. The van der Waals surface area contributed by atoms with Gasteiger partial charge >= 0.3 is 5.97 Å². The summed E-state index contributed by atoms with van der Waals surface area (Å²) in [4.78, 5) is 10.9. The van der Waals surface area contributed by atoms with Gasteiger partial charge in [-0.2, -0.15) is 0 Å². The molecule has 0 spiro atoms. The van der Waals surface area contributed by atoms with Crippen molar-refractivity contribution in [2.75, 3.05) is 26.4 Å². The van der Waals surface area contributed by atoms with E-state index in [-0.39, 0.29) is 31.7 Å². The summed E-state index contributed by atoms with van der Waals surface area (Å²) >= 11 is 0. The molecule has 8 heteroatoms. The van der Waals surface area contributed by atoms with E-state index >= 15 is 0 Å². The Kier molecular flexibility index (Phi) is 9.63. The molecule has 8 nitrogen and oxygen atoms in total. The standard InChI is InChI=1S/C25H36O8/c1-6-29-15-17-31-24(27)11-7-21(8-12-24)23(4,5)22-9-13-25(28,14-10-22)32-18-16-30-20(3)33-19(2)26/h6-11,13,20,27-28H,1,12,14-18H2,2-5H3. The van der Waals surface area contributed by atoms with Crippen molar-refractivity contribution in [3.05, 3.63) is 60.4 Å². The van der Waals surface area contributed by atoms with Gasteiger partial charge in [0.25, 0.3) is 0 Å². The minimum atomic E-state index is -1.42. The molecule has 0 aromatic rings. The normalized spacial score (nSPS) is 25.8. The smallest absolute Gasteiger partial charge is 0.304 e. The molecule has 2 aliphatic rings. The van der Waals surface area contributed by atoms with Gasteiger partial charge in [0, 0.05) is 25.2 Å². The highest BCUT2D eigenvalue weighted by atomic mass is 16.7. The van der Waals surface area contributed by atoms with Crippen molar-refractivity contribution in [2.45, 2.75) is 58.4 Å². The maximum Gasteiger partial charge on any atom is 0.304 e. The molecular formula is C25H36O8. The average molecular weight is 465 g/mol. The number of hydrogen-bond acceptors (Lipinski definition) is 8. The molecule has 2 aliphatic carbocycles. The number of allylic oxidation sites excluding steroid dienone is 4. The SMILES string of the molecule is C=COCCOC1(O)C=CC(C(C)(C)C2=CCC(O)(OCCOC(C)OC(C)=O)C=C2)=CC1. The molecular weight excluding hydrogens is 428 g/mol. The predicted molar refractivity (Wildman–Crippen MR) is 123 cm³/mol. The first-order valence-electron chi connectivity index (χ1n) is 11.0. The molecule has 184 valence electrons. The van der Waals surface area contributed by atoms with Crippen LogP contribution in [0, 0.1) is 5.41 Å². The van der Waals surface area contributed by atoms with Crippen LogP contribution in [0.25, 0.3) is 0 Å². The van der Waals surface area contributed by atoms with Crippen molar-refractivity contribution < 1.29 is 38.7 Å². The van der Waals surface area contributed by atoms with Gasteiger partial charge in [0.1, 0.15) is 6.61 Å². The molecule has 0 heterocycles. The second-order valence-corrected chi connectivity index (χ2v) is 8.49. The average Bonchev–Trinajstić information content (AvgIpc) is 2.75. The highest BCUT2D eigenvalue weighted by Crippen LogP contribution is 2.42. The molecule has 2 rings (SSSR count). The van der Waals surface area contributed by atoms with Crippen LogP contribution in [-0.4, -0.2) is 60.5 Å². The summed E-state index contributed by atoms with van der Waals surface area (Å²) in [5.74, 6) is -3.20. The molecule has 0 radical (unpaired) electrons. The van der Waals surface area contributed by atoms with Crippen LogP contribution < -0.4 is 0 Å². The third kappa shape index (κ3) is 8.24. The van der Waals surface area contributed by atoms with E-state index in [1.54, 1.807) is 19.1 Å². The van der Waals surface area contributed by atoms with E-state index < -0.39 is 23.8 Å². The van der Waals surface area contributed by atoms with Gasteiger partial charge < -0.3 is 33.9 Å². The quantitative estimate of drug-likeness (QED) is 0.185. The van der Waals surface area contributed by atoms with Crippen molar-refractivity contribution in [1.29, 1.82) is 0 Å². The summed E-state index contributed by atoms with van der Waals surface area (Å²) in [6.07, 6.45) is 12.2. The highest BCUT2D eigenvalue weighted by molar-refractivity contribution is 5.65. The fraction of sp³-hybridized carbons (Fsp3) is 0.560. The molecule has 0 bridgehead atoms. The van der Waals surface area contributed by atoms with E-state index in [1.807, 2.05) is 24.3 Å². The van der Waals surface area contributed by atoms with Crippen LogP contribution in [0.3, 0.4) is 0 Å². The first-order chi connectivity index (χ1) is 15.5. The van der Waals surface area contributed by atoms with Gasteiger partial charge in [0.15, 0.2) is 17.9 Å². The predicted octanol–water partition coefficient (Wildman–Crippen LogP) is 3.28. The Balaban J connectivity index is 1.86. The zero-order valence-corrected chi connectivity index (χ0v) is 19.9. The number of aliphatic hydroxyl groups is 2. The van der Waals surface area contributed by atoms with Gasteiger partial charge in [-0.1, -0.05) is 44.7 Å². The van der Waals surface area contributed by atoms with Gasteiger partial charge in [-0.05, 0) is 30.2 Å². The molecule has 33 heavy (non-hydrogen) atoms. The third-order valence-electron chi connectivity index (χ3n) is 5.51. The first-order valence-corrected chi connectivity index (χ1v) is 11.0. The van der Waals surface area contributed by atoms with Crippen molar-refractivity contribution in [3.63, 3.8) is 0 Å². The molecule has 0 aliphatic heterocycles. The second kappa shape index (κ2) is 11.8. The van der Waals surface area contributed by atoms with Gasteiger partial charge in [-0.15, -0.1) is 0 Å². The molecule has 0 saturated heterocycles. The topological polar surface area (TPSA) is 104 Å². The van der Waals surface area contributed by atoms with Crippen LogP contribution in [-0.2, 0) is 28.5 Å². The van der Waals surface area contributed by atoms with Crippen LogP contribution in [0.2, 0.25) is 0 Å². The van der Waals surface area contributed by atoms with Gasteiger partial charge in [0.05, 0.1) is 26.1 Å². The van der Waals surface area contributed by atoms with E-state index in [4.69, 9.17) is 23.7 Å². The molecule has 3 unspecified atom stereocenters. The summed E-state index contributed by atoms with van der Waals surface area (Å²) in [6.45, 7) is 11.4. The molecule has 3 atom stereocenters. The number of rotatable bonds is 13. The zero-order chi connectivity index (χ0) is 24.5. The maximum atomic E-state index is 10.9. The second-order valence-electron chi connectivity index (χ2n) is 8.49. The lowest BCUT2D eigenvalue weighted by Crippen LogP contribution is -2.35. The Labute approximate surface area is 195 Å². The van der Waals surface area contributed by atoms with Gasteiger partial charge in [-0.25, -0.2) is 0 Å². The lowest BCUT2D eigenvalue weighted by atomic mass is 9.73. The lowest BCUT2D eigenvalue weighted by Gasteiger charge is -2.36. The lowest BCUT2D eigenvalue weighted by molar-refractivity contribution is -0.196.